The maximum Gasteiger partial charge on any atom is 0.433 e. The van der Waals surface area contributed by atoms with Crippen LogP contribution in [0.1, 0.15) is 24.6 Å². The first-order chi connectivity index (χ1) is 16.9. The highest BCUT2D eigenvalue weighted by atomic mass is 19.4. The van der Waals surface area contributed by atoms with Crippen molar-refractivity contribution in [3.63, 3.8) is 0 Å². The van der Waals surface area contributed by atoms with Crippen molar-refractivity contribution in [3.05, 3.63) is 60.6 Å². The topological polar surface area (TPSA) is 83.5 Å². The van der Waals surface area contributed by atoms with Crippen molar-refractivity contribution < 1.29 is 22.3 Å². The van der Waals surface area contributed by atoms with E-state index in [1.54, 1.807) is 16.8 Å². The van der Waals surface area contributed by atoms with E-state index < -0.39 is 17.7 Å². The minimum Gasteiger partial charge on any atom is -0.381 e. The molecule has 4 aromatic heterocycles. The number of halogens is 4. The smallest absolute Gasteiger partial charge is 0.381 e. The number of imidazole rings is 2. The Labute approximate surface area is 195 Å². The molecule has 0 saturated carbocycles. The minimum atomic E-state index is -4.53. The Morgan fingerprint density at radius 2 is 1.74 bits per heavy atom. The van der Waals surface area contributed by atoms with E-state index in [-0.39, 0.29) is 12.0 Å². The fraction of sp³-hybridized carbons (Fsp3) is 0.261. The number of pyridine rings is 1. The number of fused-ring (bicyclic) bond motifs is 2. The molecule has 0 N–H and O–H groups in total. The number of hydrogen-bond donors (Lipinski definition) is 0. The van der Waals surface area contributed by atoms with Crippen molar-refractivity contribution in [2.45, 2.75) is 25.1 Å². The maximum atomic E-state index is 13.9. The van der Waals surface area contributed by atoms with E-state index in [1.165, 1.54) is 30.7 Å². The number of hydrogen-bond acceptors (Lipinski definition) is 6. The molecule has 1 saturated heterocycles. The van der Waals surface area contributed by atoms with Gasteiger partial charge in [0.15, 0.2) is 5.65 Å². The summed E-state index contributed by atoms with van der Waals surface area (Å²) in [6.45, 7) is 1.08. The van der Waals surface area contributed by atoms with Gasteiger partial charge in [0.2, 0.25) is 5.95 Å². The molecule has 0 unspecified atom stereocenters. The standard InChI is InChI=1S/C23H17F4N7O/c24-14-2-3-16-18(9-14)33(12-30-16)22-29-11-17-21(32-22)34(15-5-7-35-8-6-15)20(31-17)13-1-4-19(28-10-13)23(25,26)27/h1-4,9-12,15H,5-8H2. The average molecular weight is 483 g/mol. The Morgan fingerprint density at radius 3 is 2.49 bits per heavy atom. The van der Waals surface area contributed by atoms with Gasteiger partial charge in [0.1, 0.15) is 29.2 Å². The molecule has 0 radical (unpaired) electrons. The Bertz CT molecular complexity index is 1540. The van der Waals surface area contributed by atoms with Crippen LogP contribution < -0.4 is 0 Å². The monoisotopic (exact) mass is 483 g/mol. The number of alkyl halides is 3. The summed E-state index contributed by atoms with van der Waals surface area (Å²) < 4.78 is 62.0. The zero-order chi connectivity index (χ0) is 24.2. The zero-order valence-electron chi connectivity index (χ0n) is 18.1. The van der Waals surface area contributed by atoms with Gasteiger partial charge in [-0.25, -0.2) is 19.3 Å². The van der Waals surface area contributed by atoms with E-state index >= 15 is 0 Å². The highest BCUT2D eigenvalue weighted by molar-refractivity contribution is 5.79. The van der Waals surface area contributed by atoms with Crippen molar-refractivity contribution in [1.29, 1.82) is 0 Å². The fourth-order valence-electron chi connectivity index (χ4n) is 4.32. The van der Waals surface area contributed by atoms with E-state index in [0.29, 0.717) is 59.6 Å². The van der Waals surface area contributed by atoms with Crippen molar-refractivity contribution in [2.24, 2.45) is 0 Å². The first kappa shape index (κ1) is 21.6. The quantitative estimate of drug-likeness (QED) is 0.345. The van der Waals surface area contributed by atoms with Crippen LogP contribution in [-0.4, -0.2) is 47.3 Å². The SMILES string of the molecule is Fc1ccc2ncn(-c3ncc4nc(-c5ccc(C(F)(F)F)nc5)n(C5CCOCC5)c4n3)c2c1. The molecule has 0 bridgehead atoms. The minimum absolute atomic E-state index is 0.0363. The normalized spacial score (nSPS) is 15.3. The van der Waals surface area contributed by atoms with Crippen molar-refractivity contribution in [3.8, 4) is 17.3 Å². The number of benzene rings is 1. The average Bonchev–Trinajstić information content (AvgIpc) is 3.45. The molecule has 5 heterocycles. The molecule has 0 spiro atoms. The van der Waals surface area contributed by atoms with Crippen LogP contribution in [0.25, 0.3) is 39.5 Å². The van der Waals surface area contributed by atoms with Gasteiger partial charge < -0.3 is 9.30 Å². The van der Waals surface area contributed by atoms with Gasteiger partial charge in [0.25, 0.3) is 0 Å². The highest BCUT2D eigenvalue weighted by Gasteiger charge is 2.32. The lowest BCUT2D eigenvalue weighted by Gasteiger charge is -2.25. The lowest BCUT2D eigenvalue weighted by atomic mass is 10.1. The van der Waals surface area contributed by atoms with Gasteiger partial charge in [0, 0.05) is 37.1 Å². The van der Waals surface area contributed by atoms with Crippen LogP contribution in [0.2, 0.25) is 0 Å². The third-order valence-electron chi connectivity index (χ3n) is 6.01. The summed E-state index contributed by atoms with van der Waals surface area (Å²) in [5.41, 5.74) is 1.54. The Kier molecular flexibility index (Phi) is 4.99. The predicted molar refractivity (Wildman–Crippen MR) is 117 cm³/mol. The van der Waals surface area contributed by atoms with Crippen LogP contribution in [0.5, 0.6) is 0 Å². The summed E-state index contributed by atoms with van der Waals surface area (Å²) in [6, 6.07) is 6.51. The molecule has 0 aliphatic carbocycles. The van der Waals surface area contributed by atoms with Crippen LogP contribution >= 0.6 is 0 Å². The predicted octanol–water partition coefficient (Wildman–Crippen LogP) is 4.74. The molecule has 1 aliphatic heterocycles. The highest BCUT2D eigenvalue weighted by Crippen LogP contribution is 2.34. The Hall–Kier alpha value is -3.93. The molecule has 1 aliphatic rings. The lowest BCUT2D eigenvalue weighted by molar-refractivity contribution is -0.141. The molecular formula is C23H17F4N7O. The van der Waals surface area contributed by atoms with E-state index in [0.717, 1.165) is 6.07 Å². The summed E-state index contributed by atoms with van der Waals surface area (Å²) in [6.07, 6.45) is 1.06. The van der Waals surface area contributed by atoms with E-state index in [9.17, 15) is 17.6 Å². The zero-order valence-corrected chi connectivity index (χ0v) is 18.1. The van der Waals surface area contributed by atoms with Gasteiger partial charge in [0.05, 0.1) is 17.2 Å². The summed E-state index contributed by atoms with van der Waals surface area (Å²) in [4.78, 5) is 21.6. The van der Waals surface area contributed by atoms with Gasteiger partial charge in [-0.1, -0.05) is 0 Å². The first-order valence-electron chi connectivity index (χ1n) is 10.9. The Balaban J connectivity index is 1.52. The van der Waals surface area contributed by atoms with E-state index in [1.807, 2.05) is 4.57 Å². The van der Waals surface area contributed by atoms with Gasteiger partial charge in [-0.15, -0.1) is 0 Å². The third kappa shape index (κ3) is 3.79. The molecule has 6 rings (SSSR count). The summed E-state index contributed by atoms with van der Waals surface area (Å²) in [7, 11) is 0. The van der Waals surface area contributed by atoms with Crippen molar-refractivity contribution in [2.75, 3.05) is 13.2 Å². The lowest BCUT2D eigenvalue weighted by Crippen LogP contribution is -2.21. The fourth-order valence-corrected chi connectivity index (χ4v) is 4.32. The van der Waals surface area contributed by atoms with Crippen LogP contribution in [0.15, 0.2) is 49.1 Å². The number of aromatic nitrogens is 7. The molecule has 12 heteroatoms. The van der Waals surface area contributed by atoms with Crippen LogP contribution in [0.4, 0.5) is 17.6 Å². The van der Waals surface area contributed by atoms with Crippen molar-refractivity contribution in [1.82, 2.24) is 34.1 Å². The molecule has 1 fully saturated rings. The second-order valence-electron chi connectivity index (χ2n) is 8.21. The molecule has 5 aromatic rings. The van der Waals surface area contributed by atoms with Gasteiger partial charge >= 0.3 is 6.18 Å². The summed E-state index contributed by atoms with van der Waals surface area (Å²) >= 11 is 0. The van der Waals surface area contributed by atoms with Crippen LogP contribution in [0, 0.1) is 5.82 Å². The van der Waals surface area contributed by atoms with Crippen molar-refractivity contribution >= 4 is 22.2 Å². The summed E-state index contributed by atoms with van der Waals surface area (Å²) in [5, 5.41) is 0. The van der Waals surface area contributed by atoms with Gasteiger partial charge in [-0.2, -0.15) is 18.2 Å². The molecule has 178 valence electrons. The number of nitrogens with zero attached hydrogens (tertiary/aromatic N) is 7. The Morgan fingerprint density at radius 1 is 0.914 bits per heavy atom. The van der Waals surface area contributed by atoms with Gasteiger partial charge in [-0.3, -0.25) is 9.55 Å². The molecule has 8 nitrogen and oxygen atoms in total. The molecular weight excluding hydrogens is 466 g/mol. The molecule has 35 heavy (non-hydrogen) atoms. The first-order valence-corrected chi connectivity index (χ1v) is 10.9. The number of ether oxygens (including phenoxy) is 1. The summed E-state index contributed by atoms with van der Waals surface area (Å²) in [5.74, 6) is 0.307. The van der Waals surface area contributed by atoms with Crippen LogP contribution in [0.3, 0.4) is 0 Å². The van der Waals surface area contributed by atoms with Gasteiger partial charge in [-0.05, 0) is 37.1 Å². The maximum absolute atomic E-state index is 13.9. The number of rotatable bonds is 3. The van der Waals surface area contributed by atoms with Crippen LogP contribution in [-0.2, 0) is 10.9 Å². The second kappa shape index (κ2) is 8.08. The third-order valence-corrected chi connectivity index (χ3v) is 6.01. The largest absolute Gasteiger partial charge is 0.433 e. The molecule has 1 aromatic carbocycles. The molecule has 0 atom stereocenters. The second-order valence-corrected chi connectivity index (χ2v) is 8.21. The van der Waals surface area contributed by atoms with E-state index in [4.69, 9.17) is 9.72 Å². The van der Waals surface area contributed by atoms with E-state index in [2.05, 4.69) is 19.9 Å². The molecule has 0 amide bonds.